The molecule has 0 saturated heterocycles. The summed E-state index contributed by atoms with van der Waals surface area (Å²) in [4.78, 5) is 33.1. The second-order valence-corrected chi connectivity index (χ2v) is 5.36. The Bertz CT molecular complexity index is 826. The number of nitrogens with one attached hydrogen (secondary N) is 1. The third-order valence-electron chi connectivity index (χ3n) is 3.86. The average molecular weight is 329 g/mol. The number of nitro benzene ring substituents is 2. The van der Waals surface area contributed by atoms with Crippen LogP contribution in [0, 0.1) is 41.0 Å². The Kier molecular flexibility index (Phi) is 4.59. The Morgan fingerprint density at radius 1 is 0.958 bits per heavy atom. The van der Waals surface area contributed by atoms with Gasteiger partial charge in [0, 0.05) is 17.8 Å². The van der Waals surface area contributed by atoms with E-state index in [1.807, 2.05) is 19.9 Å². The third kappa shape index (κ3) is 3.22. The van der Waals surface area contributed by atoms with Crippen molar-refractivity contribution in [1.29, 1.82) is 0 Å². The summed E-state index contributed by atoms with van der Waals surface area (Å²) in [7, 11) is 0. The van der Waals surface area contributed by atoms with E-state index in [-0.39, 0.29) is 11.1 Å². The highest BCUT2D eigenvalue weighted by Crippen LogP contribution is 2.30. The van der Waals surface area contributed by atoms with Crippen LogP contribution in [0.3, 0.4) is 0 Å². The minimum absolute atomic E-state index is 0.0895. The summed E-state index contributed by atoms with van der Waals surface area (Å²) in [6.45, 7) is 4.99. The van der Waals surface area contributed by atoms with Crippen LogP contribution in [0.15, 0.2) is 30.3 Å². The van der Waals surface area contributed by atoms with Gasteiger partial charge in [-0.3, -0.25) is 25.0 Å². The molecule has 0 aliphatic rings. The van der Waals surface area contributed by atoms with Crippen molar-refractivity contribution in [3.8, 4) is 0 Å². The molecule has 2 aromatic rings. The predicted octanol–water partition coefficient (Wildman–Crippen LogP) is 3.68. The van der Waals surface area contributed by atoms with E-state index in [0.717, 1.165) is 23.3 Å². The van der Waals surface area contributed by atoms with Gasteiger partial charge in [-0.25, -0.2) is 0 Å². The van der Waals surface area contributed by atoms with Crippen molar-refractivity contribution >= 4 is 23.0 Å². The maximum absolute atomic E-state index is 12.4. The second-order valence-electron chi connectivity index (χ2n) is 5.36. The summed E-state index contributed by atoms with van der Waals surface area (Å²) in [5.74, 6) is -0.644. The Morgan fingerprint density at radius 3 is 2.00 bits per heavy atom. The molecular formula is C16H15N3O5. The Morgan fingerprint density at radius 2 is 1.50 bits per heavy atom. The molecule has 0 atom stereocenters. The Hall–Kier alpha value is -3.29. The fourth-order valence-corrected chi connectivity index (χ4v) is 2.28. The van der Waals surface area contributed by atoms with Gasteiger partial charge in [0.25, 0.3) is 17.3 Å². The minimum atomic E-state index is -0.739. The van der Waals surface area contributed by atoms with Crippen LogP contribution in [0.1, 0.15) is 27.0 Å². The van der Waals surface area contributed by atoms with E-state index in [1.165, 1.54) is 6.92 Å². The van der Waals surface area contributed by atoms with Crippen molar-refractivity contribution in [3.05, 3.63) is 72.8 Å². The van der Waals surface area contributed by atoms with Gasteiger partial charge in [-0.1, -0.05) is 12.1 Å². The van der Waals surface area contributed by atoms with Crippen molar-refractivity contribution in [1.82, 2.24) is 0 Å². The lowest BCUT2D eigenvalue weighted by Gasteiger charge is -2.10. The lowest BCUT2D eigenvalue weighted by molar-refractivity contribution is -0.395. The number of hydrogen-bond donors (Lipinski definition) is 1. The monoisotopic (exact) mass is 329 g/mol. The zero-order valence-corrected chi connectivity index (χ0v) is 13.3. The number of hydrogen-bond acceptors (Lipinski definition) is 5. The molecule has 0 aliphatic carbocycles. The van der Waals surface area contributed by atoms with Crippen LogP contribution in [-0.4, -0.2) is 15.8 Å². The number of aryl methyl sites for hydroxylation is 1. The number of nitro groups is 2. The first-order valence-corrected chi connectivity index (χ1v) is 7.03. The van der Waals surface area contributed by atoms with E-state index in [0.29, 0.717) is 5.69 Å². The van der Waals surface area contributed by atoms with E-state index < -0.39 is 27.1 Å². The molecule has 2 rings (SSSR count). The molecule has 8 heteroatoms. The molecule has 1 N–H and O–H groups in total. The van der Waals surface area contributed by atoms with Gasteiger partial charge >= 0.3 is 0 Å². The van der Waals surface area contributed by atoms with Gasteiger partial charge in [-0.15, -0.1) is 0 Å². The standard InChI is InChI=1S/C16H15N3O5/c1-9-5-4-6-13(10(9)2)17-16(20)12-7-14(18(21)22)11(3)15(8-12)19(23)24/h4-8H,1-3H3,(H,17,20). The van der Waals surface area contributed by atoms with Crippen molar-refractivity contribution < 1.29 is 14.6 Å². The number of carbonyl (C=O) groups excluding carboxylic acids is 1. The van der Waals surface area contributed by atoms with Crippen molar-refractivity contribution in [2.24, 2.45) is 0 Å². The third-order valence-corrected chi connectivity index (χ3v) is 3.86. The van der Waals surface area contributed by atoms with E-state index >= 15 is 0 Å². The first-order valence-electron chi connectivity index (χ1n) is 7.03. The van der Waals surface area contributed by atoms with E-state index in [2.05, 4.69) is 5.32 Å². The lowest BCUT2D eigenvalue weighted by Crippen LogP contribution is -2.14. The Balaban J connectivity index is 2.47. The first kappa shape index (κ1) is 17.1. The molecule has 0 fully saturated rings. The van der Waals surface area contributed by atoms with Crippen molar-refractivity contribution in [2.45, 2.75) is 20.8 Å². The van der Waals surface area contributed by atoms with Crippen LogP contribution in [0.5, 0.6) is 0 Å². The van der Waals surface area contributed by atoms with Crippen molar-refractivity contribution in [2.75, 3.05) is 5.32 Å². The molecule has 0 aromatic heterocycles. The number of benzene rings is 2. The van der Waals surface area contributed by atoms with Crippen LogP contribution in [-0.2, 0) is 0 Å². The van der Waals surface area contributed by atoms with Gasteiger partial charge in [0.05, 0.1) is 15.4 Å². The van der Waals surface area contributed by atoms with Gasteiger partial charge in [-0.2, -0.15) is 0 Å². The Labute approximate surface area is 137 Å². The van der Waals surface area contributed by atoms with Crippen LogP contribution < -0.4 is 5.32 Å². The molecule has 0 spiro atoms. The van der Waals surface area contributed by atoms with E-state index in [9.17, 15) is 25.0 Å². The highest BCUT2D eigenvalue weighted by atomic mass is 16.6. The molecule has 0 unspecified atom stereocenters. The SMILES string of the molecule is Cc1cccc(NC(=O)c2cc([N+](=O)[O-])c(C)c([N+](=O)[O-])c2)c1C. The average Bonchev–Trinajstić information content (AvgIpc) is 2.51. The molecule has 24 heavy (non-hydrogen) atoms. The summed E-state index contributed by atoms with van der Waals surface area (Å²) in [6, 6.07) is 7.42. The van der Waals surface area contributed by atoms with Crippen LogP contribution in [0.2, 0.25) is 0 Å². The number of anilines is 1. The smallest absolute Gasteiger partial charge is 0.279 e. The highest BCUT2D eigenvalue weighted by molar-refractivity contribution is 6.05. The molecule has 0 saturated carbocycles. The second kappa shape index (κ2) is 6.45. The normalized spacial score (nSPS) is 10.3. The molecular weight excluding hydrogens is 314 g/mol. The minimum Gasteiger partial charge on any atom is -0.322 e. The molecule has 0 radical (unpaired) electrons. The van der Waals surface area contributed by atoms with Crippen LogP contribution >= 0.6 is 0 Å². The number of nitrogens with zero attached hydrogens (tertiary/aromatic N) is 2. The summed E-state index contributed by atoms with van der Waals surface area (Å²) < 4.78 is 0. The van der Waals surface area contributed by atoms with Gasteiger partial charge in [-0.05, 0) is 38.0 Å². The largest absolute Gasteiger partial charge is 0.322 e. The highest BCUT2D eigenvalue weighted by Gasteiger charge is 2.25. The van der Waals surface area contributed by atoms with Gasteiger partial charge in [0.1, 0.15) is 5.56 Å². The first-order chi connectivity index (χ1) is 11.2. The lowest BCUT2D eigenvalue weighted by atomic mass is 10.1. The summed E-state index contributed by atoms with van der Waals surface area (Å²) >= 11 is 0. The van der Waals surface area contributed by atoms with Gasteiger partial charge in [0.15, 0.2) is 0 Å². The maximum Gasteiger partial charge on any atom is 0.279 e. The molecule has 0 bridgehead atoms. The predicted molar refractivity (Wildman–Crippen MR) is 88.4 cm³/mol. The quantitative estimate of drug-likeness (QED) is 0.678. The van der Waals surface area contributed by atoms with Crippen molar-refractivity contribution in [3.63, 3.8) is 0 Å². The molecule has 8 nitrogen and oxygen atoms in total. The van der Waals surface area contributed by atoms with Crippen LogP contribution in [0.25, 0.3) is 0 Å². The number of carbonyl (C=O) groups is 1. The molecule has 124 valence electrons. The fraction of sp³-hybridized carbons (Fsp3) is 0.188. The van der Waals surface area contributed by atoms with Gasteiger partial charge in [0.2, 0.25) is 0 Å². The topological polar surface area (TPSA) is 115 Å². The molecule has 0 aliphatic heterocycles. The molecule has 0 heterocycles. The van der Waals surface area contributed by atoms with E-state index in [4.69, 9.17) is 0 Å². The summed E-state index contributed by atoms with van der Waals surface area (Å²) in [5.41, 5.74) is 1.21. The van der Waals surface area contributed by atoms with Gasteiger partial charge < -0.3 is 5.32 Å². The zero-order valence-electron chi connectivity index (χ0n) is 13.3. The zero-order chi connectivity index (χ0) is 18.0. The summed E-state index contributed by atoms with van der Waals surface area (Å²) in [5, 5.41) is 24.8. The van der Waals surface area contributed by atoms with Crippen LogP contribution in [0.4, 0.5) is 17.1 Å². The molecule has 2 aromatic carbocycles. The number of amides is 1. The maximum atomic E-state index is 12.4. The number of rotatable bonds is 4. The summed E-state index contributed by atoms with van der Waals surface area (Å²) in [6.07, 6.45) is 0. The van der Waals surface area contributed by atoms with E-state index in [1.54, 1.807) is 12.1 Å². The molecule has 1 amide bonds. The fourth-order valence-electron chi connectivity index (χ4n) is 2.28.